The Morgan fingerprint density at radius 2 is 2.00 bits per heavy atom. The van der Waals surface area contributed by atoms with Gasteiger partial charge in [-0.05, 0) is 55.4 Å². The fourth-order valence-corrected chi connectivity index (χ4v) is 4.87. The molecule has 0 atom stereocenters. The normalized spacial score (nSPS) is 13.4. The second-order valence-corrected chi connectivity index (χ2v) is 7.76. The Morgan fingerprint density at radius 1 is 1.19 bits per heavy atom. The highest BCUT2D eigenvalue weighted by Gasteiger charge is 2.19. The van der Waals surface area contributed by atoms with Crippen molar-refractivity contribution in [1.29, 1.82) is 0 Å². The molecule has 142 valence electrons. The number of hydrogen-bond donors (Lipinski definition) is 2. The lowest BCUT2D eigenvalue weighted by molar-refractivity contribution is 0.354. The van der Waals surface area contributed by atoms with Crippen LogP contribution in [0.2, 0.25) is 0 Å². The van der Waals surface area contributed by atoms with E-state index in [2.05, 4.69) is 15.3 Å². The summed E-state index contributed by atoms with van der Waals surface area (Å²) in [6, 6.07) is 5.87. The van der Waals surface area contributed by atoms with Crippen LogP contribution in [-0.4, -0.2) is 30.7 Å². The van der Waals surface area contributed by atoms with Crippen molar-refractivity contribution in [3.8, 4) is 11.5 Å². The first-order chi connectivity index (χ1) is 13.2. The summed E-state index contributed by atoms with van der Waals surface area (Å²) in [5.41, 5.74) is 2.30. The van der Waals surface area contributed by atoms with Gasteiger partial charge in [0.05, 0.1) is 19.6 Å². The van der Waals surface area contributed by atoms with Crippen molar-refractivity contribution in [3.63, 3.8) is 0 Å². The third-order valence-corrected chi connectivity index (χ3v) is 6.16. The number of nitrogens with one attached hydrogen (secondary N) is 2. The van der Waals surface area contributed by atoms with E-state index in [1.807, 2.05) is 18.2 Å². The third kappa shape index (κ3) is 3.51. The van der Waals surface area contributed by atoms with Gasteiger partial charge in [0, 0.05) is 11.4 Å². The number of thiophene rings is 1. The average Bonchev–Trinajstić information content (AvgIpc) is 3.06. The quantitative estimate of drug-likeness (QED) is 0.679. The molecule has 6 nitrogen and oxygen atoms in total. The molecule has 0 unspecified atom stereocenters. The lowest BCUT2D eigenvalue weighted by Crippen LogP contribution is -2.15. The minimum atomic E-state index is -0.0342. The maximum atomic E-state index is 12.6. The molecule has 0 fully saturated rings. The summed E-state index contributed by atoms with van der Waals surface area (Å²) in [5.74, 6) is 1.96. The molecule has 0 aliphatic heterocycles. The summed E-state index contributed by atoms with van der Waals surface area (Å²) < 4.78 is 10.6. The number of methoxy groups -OCH3 is 2. The largest absolute Gasteiger partial charge is 0.493 e. The predicted molar refractivity (Wildman–Crippen MR) is 109 cm³/mol. The van der Waals surface area contributed by atoms with E-state index in [1.54, 1.807) is 25.6 Å². The second-order valence-electron chi connectivity index (χ2n) is 6.67. The second kappa shape index (κ2) is 7.60. The molecule has 4 rings (SSSR count). The third-order valence-electron chi connectivity index (χ3n) is 4.98. The van der Waals surface area contributed by atoms with Gasteiger partial charge in [0.15, 0.2) is 11.5 Å². The SMILES string of the molecule is COc1ccc(CCNc2nc3sc4c(c3c(=O)[nH]2)CCCC4)cc1OC. The molecule has 3 aromatic rings. The Labute approximate surface area is 161 Å². The summed E-state index contributed by atoms with van der Waals surface area (Å²) in [6.45, 7) is 0.662. The average molecular weight is 385 g/mol. The van der Waals surface area contributed by atoms with Gasteiger partial charge in [0.25, 0.3) is 5.56 Å². The van der Waals surface area contributed by atoms with Gasteiger partial charge in [-0.15, -0.1) is 11.3 Å². The summed E-state index contributed by atoms with van der Waals surface area (Å²) in [4.78, 5) is 22.3. The molecular weight excluding hydrogens is 362 g/mol. The molecule has 0 radical (unpaired) electrons. The van der Waals surface area contributed by atoms with Crippen LogP contribution in [0.15, 0.2) is 23.0 Å². The molecule has 1 aromatic carbocycles. The molecular formula is C20H23N3O3S. The van der Waals surface area contributed by atoms with Crippen molar-refractivity contribution < 1.29 is 9.47 Å². The van der Waals surface area contributed by atoms with Gasteiger partial charge in [-0.2, -0.15) is 0 Å². The monoisotopic (exact) mass is 385 g/mol. The van der Waals surface area contributed by atoms with E-state index in [1.165, 1.54) is 16.9 Å². The van der Waals surface area contributed by atoms with Gasteiger partial charge in [0.2, 0.25) is 5.95 Å². The van der Waals surface area contributed by atoms with Crippen molar-refractivity contribution >= 4 is 27.5 Å². The molecule has 1 aliphatic rings. The topological polar surface area (TPSA) is 76.2 Å². The molecule has 0 saturated heterocycles. The first-order valence-electron chi connectivity index (χ1n) is 9.19. The summed E-state index contributed by atoms with van der Waals surface area (Å²) in [5, 5.41) is 4.03. The summed E-state index contributed by atoms with van der Waals surface area (Å²) in [6.07, 6.45) is 5.20. The number of ether oxygens (including phenoxy) is 2. The molecule has 27 heavy (non-hydrogen) atoms. The van der Waals surface area contributed by atoms with Gasteiger partial charge in [-0.25, -0.2) is 4.98 Å². The first-order valence-corrected chi connectivity index (χ1v) is 10.0. The number of rotatable bonds is 6. The number of aryl methyl sites for hydroxylation is 2. The number of H-pyrrole nitrogens is 1. The summed E-state index contributed by atoms with van der Waals surface area (Å²) >= 11 is 1.67. The maximum absolute atomic E-state index is 12.6. The molecule has 7 heteroatoms. The first kappa shape index (κ1) is 17.9. The van der Waals surface area contributed by atoms with Crippen LogP contribution in [0.4, 0.5) is 5.95 Å². The van der Waals surface area contributed by atoms with Crippen molar-refractivity contribution in [1.82, 2.24) is 9.97 Å². The molecule has 0 amide bonds. The minimum absolute atomic E-state index is 0.0342. The molecule has 0 saturated carbocycles. The van der Waals surface area contributed by atoms with E-state index >= 15 is 0 Å². The molecule has 2 heterocycles. The van der Waals surface area contributed by atoms with Crippen LogP contribution in [0.3, 0.4) is 0 Å². The van der Waals surface area contributed by atoms with E-state index in [9.17, 15) is 4.79 Å². The smallest absolute Gasteiger partial charge is 0.261 e. The van der Waals surface area contributed by atoms with Crippen molar-refractivity contribution in [3.05, 3.63) is 44.6 Å². The van der Waals surface area contributed by atoms with E-state index in [-0.39, 0.29) is 5.56 Å². The fourth-order valence-electron chi connectivity index (χ4n) is 3.61. The van der Waals surface area contributed by atoms with Crippen LogP contribution in [0.5, 0.6) is 11.5 Å². The highest BCUT2D eigenvalue weighted by molar-refractivity contribution is 7.18. The number of fused-ring (bicyclic) bond motifs is 3. The molecule has 0 spiro atoms. The number of hydrogen-bond acceptors (Lipinski definition) is 6. The number of anilines is 1. The van der Waals surface area contributed by atoms with Crippen molar-refractivity contribution in [2.24, 2.45) is 0 Å². The number of nitrogens with zero attached hydrogens (tertiary/aromatic N) is 1. The Balaban J connectivity index is 1.49. The number of aromatic nitrogens is 2. The summed E-state index contributed by atoms with van der Waals surface area (Å²) in [7, 11) is 3.25. The predicted octanol–water partition coefficient (Wildman–Crippen LogP) is 3.54. The number of aromatic amines is 1. The van der Waals surface area contributed by atoms with E-state index in [0.717, 1.165) is 41.5 Å². The minimum Gasteiger partial charge on any atom is -0.493 e. The lowest BCUT2D eigenvalue weighted by atomic mass is 9.97. The molecule has 1 aliphatic carbocycles. The zero-order chi connectivity index (χ0) is 18.8. The van der Waals surface area contributed by atoms with Crippen LogP contribution in [0, 0.1) is 0 Å². The standard InChI is InChI=1S/C20H23N3O3S/c1-25-14-8-7-12(11-15(14)26-2)9-10-21-20-22-18(24)17-13-5-3-4-6-16(13)27-19(17)23-20/h7-8,11H,3-6,9-10H2,1-2H3,(H2,21,22,23,24). The van der Waals surface area contributed by atoms with Crippen molar-refractivity contribution in [2.75, 3.05) is 26.1 Å². The van der Waals surface area contributed by atoms with Gasteiger partial charge >= 0.3 is 0 Å². The zero-order valence-electron chi connectivity index (χ0n) is 15.6. The molecule has 0 bridgehead atoms. The van der Waals surface area contributed by atoms with Gasteiger partial charge < -0.3 is 14.8 Å². The lowest BCUT2D eigenvalue weighted by Gasteiger charge is -2.10. The Kier molecular flexibility index (Phi) is 5.03. The van der Waals surface area contributed by atoms with Crippen LogP contribution in [0.1, 0.15) is 28.8 Å². The van der Waals surface area contributed by atoms with Gasteiger partial charge in [-0.3, -0.25) is 9.78 Å². The highest BCUT2D eigenvalue weighted by atomic mass is 32.1. The molecule has 2 aromatic heterocycles. The van der Waals surface area contributed by atoms with Crippen LogP contribution >= 0.6 is 11.3 Å². The Hall–Kier alpha value is -2.54. The Morgan fingerprint density at radius 3 is 2.81 bits per heavy atom. The van der Waals surface area contributed by atoms with Gasteiger partial charge in [-0.1, -0.05) is 6.07 Å². The van der Waals surface area contributed by atoms with Crippen LogP contribution in [-0.2, 0) is 19.3 Å². The van der Waals surface area contributed by atoms with Gasteiger partial charge in [0.1, 0.15) is 4.83 Å². The number of benzene rings is 1. The van der Waals surface area contributed by atoms with Crippen molar-refractivity contribution in [2.45, 2.75) is 32.1 Å². The van der Waals surface area contributed by atoms with Crippen LogP contribution in [0.25, 0.3) is 10.2 Å². The van der Waals surface area contributed by atoms with E-state index in [4.69, 9.17) is 9.47 Å². The fraction of sp³-hybridized carbons (Fsp3) is 0.400. The van der Waals surface area contributed by atoms with E-state index < -0.39 is 0 Å². The maximum Gasteiger partial charge on any atom is 0.261 e. The van der Waals surface area contributed by atoms with Crippen LogP contribution < -0.4 is 20.3 Å². The van der Waals surface area contributed by atoms with E-state index in [0.29, 0.717) is 24.0 Å². The highest BCUT2D eigenvalue weighted by Crippen LogP contribution is 2.33. The zero-order valence-corrected chi connectivity index (χ0v) is 16.4. The Bertz CT molecular complexity index is 1030. The molecule has 2 N–H and O–H groups in total.